The molecule has 5 heteroatoms. The van der Waals surface area contributed by atoms with E-state index in [-0.39, 0.29) is 12.0 Å². The topological polar surface area (TPSA) is 64.4 Å². The van der Waals surface area contributed by atoms with Crippen molar-refractivity contribution < 1.29 is 13.9 Å². The van der Waals surface area contributed by atoms with Crippen LogP contribution in [0.15, 0.2) is 65.2 Å². The largest absolute Gasteiger partial charge is 0.451 e. The predicted molar refractivity (Wildman–Crippen MR) is 114 cm³/mol. The molecule has 0 aliphatic heterocycles. The molecule has 2 heterocycles. The first-order chi connectivity index (χ1) is 14.1. The molecule has 1 N–H and O–H groups in total. The molecule has 0 spiro atoms. The Labute approximate surface area is 169 Å². The number of benzene rings is 2. The molecule has 5 nitrogen and oxygen atoms in total. The summed E-state index contributed by atoms with van der Waals surface area (Å²) in [7, 11) is 0. The van der Waals surface area contributed by atoms with Crippen molar-refractivity contribution in [1.29, 1.82) is 0 Å². The number of pyridine rings is 1. The lowest BCUT2D eigenvalue weighted by Gasteiger charge is -2.09. The average Bonchev–Trinajstić information content (AvgIpc) is 3.11. The minimum atomic E-state index is -0.225. The zero-order valence-corrected chi connectivity index (χ0v) is 16.6. The van der Waals surface area contributed by atoms with Crippen LogP contribution in [0.2, 0.25) is 0 Å². The molecular formula is C24H24N2O3. The highest BCUT2D eigenvalue weighted by Gasteiger charge is 2.20. The first-order valence-electron chi connectivity index (χ1n) is 9.86. The monoisotopic (exact) mass is 388 g/mol. The number of ether oxygens (including phenoxy) is 1. The molecule has 0 aliphatic rings. The van der Waals surface area contributed by atoms with E-state index in [2.05, 4.69) is 10.3 Å². The van der Waals surface area contributed by atoms with Gasteiger partial charge in [-0.1, -0.05) is 42.5 Å². The number of furan rings is 1. The standard InChI is InChI=1S/C24H24N2O3/c1-16(2)28-15-20-19-10-3-4-11-21(19)29-23(20)24(27)26-14-12-18-8-5-7-17-9-6-13-25-22(17)18/h3-11,13,16H,12,14-15H2,1-2H3,(H,26,27). The first-order valence-corrected chi connectivity index (χ1v) is 9.86. The normalized spacial score (nSPS) is 11.4. The predicted octanol–water partition coefficient (Wildman–Crippen LogP) is 4.88. The Bertz CT molecular complexity index is 1140. The van der Waals surface area contributed by atoms with Crippen LogP contribution in [0.4, 0.5) is 0 Å². The molecule has 1 amide bonds. The summed E-state index contributed by atoms with van der Waals surface area (Å²) in [6.45, 7) is 4.78. The van der Waals surface area contributed by atoms with Gasteiger partial charge < -0.3 is 14.5 Å². The van der Waals surface area contributed by atoms with E-state index in [0.717, 1.165) is 27.4 Å². The number of fused-ring (bicyclic) bond motifs is 2. The number of aromatic nitrogens is 1. The fourth-order valence-corrected chi connectivity index (χ4v) is 3.44. The van der Waals surface area contributed by atoms with Gasteiger partial charge in [0.05, 0.1) is 18.2 Å². The number of nitrogens with one attached hydrogen (secondary N) is 1. The lowest BCUT2D eigenvalue weighted by atomic mass is 10.1. The van der Waals surface area contributed by atoms with Crippen LogP contribution in [0.1, 0.15) is 35.5 Å². The van der Waals surface area contributed by atoms with Gasteiger partial charge in [-0.3, -0.25) is 9.78 Å². The summed E-state index contributed by atoms with van der Waals surface area (Å²) in [4.78, 5) is 17.3. The van der Waals surface area contributed by atoms with Gasteiger partial charge in [0.1, 0.15) is 5.58 Å². The van der Waals surface area contributed by atoms with Crippen molar-refractivity contribution in [2.75, 3.05) is 6.54 Å². The number of hydrogen-bond donors (Lipinski definition) is 1. The van der Waals surface area contributed by atoms with Gasteiger partial charge in [0.2, 0.25) is 0 Å². The molecule has 148 valence electrons. The fourth-order valence-electron chi connectivity index (χ4n) is 3.44. The van der Waals surface area contributed by atoms with Gasteiger partial charge in [-0.25, -0.2) is 0 Å². The second-order valence-corrected chi connectivity index (χ2v) is 7.26. The molecule has 29 heavy (non-hydrogen) atoms. The lowest BCUT2D eigenvalue weighted by Crippen LogP contribution is -2.26. The van der Waals surface area contributed by atoms with E-state index in [4.69, 9.17) is 9.15 Å². The highest BCUT2D eigenvalue weighted by Crippen LogP contribution is 2.27. The Morgan fingerprint density at radius 3 is 2.79 bits per heavy atom. The third kappa shape index (κ3) is 4.15. The third-order valence-corrected chi connectivity index (χ3v) is 4.86. The fraction of sp³-hybridized carbons (Fsp3) is 0.250. The summed E-state index contributed by atoms with van der Waals surface area (Å²) in [5, 5.41) is 5.00. The molecule has 4 aromatic rings. The van der Waals surface area contributed by atoms with Crippen molar-refractivity contribution in [1.82, 2.24) is 10.3 Å². The number of carbonyl (C=O) groups is 1. The maximum absolute atomic E-state index is 12.9. The number of rotatable bonds is 7. The van der Waals surface area contributed by atoms with Crippen LogP contribution in [0.25, 0.3) is 21.9 Å². The second-order valence-electron chi connectivity index (χ2n) is 7.26. The quantitative estimate of drug-likeness (QED) is 0.490. The Kier molecular flexibility index (Phi) is 5.58. The highest BCUT2D eigenvalue weighted by molar-refractivity contribution is 5.99. The van der Waals surface area contributed by atoms with Crippen LogP contribution in [0, 0.1) is 0 Å². The molecule has 0 saturated heterocycles. The highest BCUT2D eigenvalue weighted by atomic mass is 16.5. The summed E-state index contributed by atoms with van der Waals surface area (Å²) >= 11 is 0. The van der Waals surface area contributed by atoms with E-state index in [1.54, 1.807) is 6.20 Å². The van der Waals surface area contributed by atoms with E-state index in [0.29, 0.717) is 30.9 Å². The number of nitrogens with zero attached hydrogens (tertiary/aromatic N) is 1. The van der Waals surface area contributed by atoms with Gasteiger partial charge in [0.25, 0.3) is 5.91 Å². The maximum atomic E-state index is 12.9. The molecule has 0 saturated carbocycles. The molecule has 0 atom stereocenters. The van der Waals surface area contributed by atoms with Crippen LogP contribution in [-0.4, -0.2) is 23.5 Å². The van der Waals surface area contributed by atoms with Gasteiger partial charge in [0.15, 0.2) is 5.76 Å². The molecule has 0 radical (unpaired) electrons. The van der Waals surface area contributed by atoms with Crippen molar-refractivity contribution in [3.8, 4) is 0 Å². The minimum Gasteiger partial charge on any atom is -0.451 e. The van der Waals surface area contributed by atoms with E-state index in [9.17, 15) is 4.79 Å². The van der Waals surface area contributed by atoms with Crippen molar-refractivity contribution in [3.63, 3.8) is 0 Å². The van der Waals surface area contributed by atoms with Gasteiger partial charge in [-0.15, -0.1) is 0 Å². The maximum Gasteiger partial charge on any atom is 0.287 e. The Morgan fingerprint density at radius 1 is 1.10 bits per heavy atom. The number of hydrogen-bond acceptors (Lipinski definition) is 4. The summed E-state index contributed by atoms with van der Waals surface area (Å²) < 4.78 is 11.6. The number of amides is 1. The van der Waals surface area contributed by atoms with E-state index < -0.39 is 0 Å². The molecule has 0 unspecified atom stereocenters. The second kappa shape index (κ2) is 8.45. The third-order valence-electron chi connectivity index (χ3n) is 4.86. The SMILES string of the molecule is CC(C)OCc1c(C(=O)NCCc2cccc3cccnc23)oc2ccccc12. The smallest absolute Gasteiger partial charge is 0.287 e. The Morgan fingerprint density at radius 2 is 1.93 bits per heavy atom. The molecule has 4 rings (SSSR count). The molecular weight excluding hydrogens is 364 g/mol. The molecule has 2 aromatic carbocycles. The first kappa shape index (κ1) is 19.2. The average molecular weight is 388 g/mol. The van der Waals surface area contributed by atoms with Gasteiger partial charge in [0, 0.05) is 29.1 Å². The van der Waals surface area contributed by atoms with Crippen LogP contribution < -0.4 is 5.32 Å². The van der Waals surface area contributed by atoms with Crippen LogP contribution >= 0.6 is 0 Å². The summed E-state index contributed by atoms with van der Waals surface area (Å²) in [6.07, 6.45) is 2.55. The van der Waals surface area contributed by atoms with Crippen LogP contribution in [-0.2, 0) is 17.8 Å². The zero-order valence-electron chi connectivity index (χ0n) is 16.6. The Hall–Kier alpha value is -3.18. The molecule has 0 bridgehead atoms. The summed E-state index contributed by atoms with van der Waals surface area (Å²) in [5.74, 6) is 0.0969. The van der Waals surface area contributed by atoms with E-state index >= 15 is 0 Å². The molecule has 0 fully saturated rings. The summed E-state index contributed by atoms with van der Waals surface area (Å²) in [5.41, 5.74) is 3.56. The lowest BCUT2D eigenvalue weighted by molar-refractivity contribution is 0.0643. The van der Waals surface area contributed by atoms with Crippen molar-refractivity contribution in [2.24, 2.45) is 0 Å². The molecule has 0 aliphatic carbocycles. The molecule has 2 aromatic heterocycles. The van der Waals surface area contributed by atoms with Crippen molar-refractivity contribution >= 4 is 27.8 Å². The zero-order chi connectivity index (χ0) is 20.2. The number of para-hydroxylation sites is 2. The van der Waals surface area contributed by atoms with E-state index in [1.165, 1.54) is 0 Å². The van der Waals surface area contributed by atoms with Gasteiger partial charge in [-0.2, -0.15) is 0 Å². The van der Waals surface area contributed by atoms with Crippen LogP contribution in [0.3, 0.4) is 0 Å². The van der Waals surface area contributed by atoms with Gasteiger partial charge >= 0.3 is 0 Å². The Balaban J connectivity index is 1.51. The minimum absolute atomic E-state index is 0.0680. The van der Waals surface area contributed by atoms with Gasteiger partial charge in [-0.05, 0) is 38.0 Å². The summed E-state index contributed by atoms with van der Waals surface area (Å²) in [6, 6.07) is 17.7. The van der Waals surface area contributed by atoms with Crippen LogP contribution in [0.5, 0.6) is 0 Å². The van der Waals surface area contributed by atoms with Crippen molar-refractivity contribution in [2.45, 2.75) is 33.0 Å². The number of carbonyl (C=O) groups excluding carboxylic acids is 1. The van der Waals surface area contributed by atoms with Crippen molar-refractivity contribution in [3.05, 3.63) is 77.7 Å². The van der Waals surface area contributed by atoms with E-state index in [1.807, 2.05) is 68.4 Å².